The molecule has 0 aromatic heterocycles. The topological polar surface area (TPSA) is 48.0 Å². The van der Waals surface area contributed by atoms with Gasteiger partial charge in [-0.1, -0.05) is 30.3 Å². The summed E-state index contributed by atoms with van der Waals surface area (Å²) in [5.41, 5.74) is 1.57. The Morgan fingerprint density at radius 3 is 2.55 bits per heavy atom. The molecule has 4 rings (SSSR count). The van der Waals surface area contributed by atoms with Crippen LogP contribution in [0.4, 0.5) is 5.69 Å². The molecule has 1 atom stereocenters. The maximum atomic E-state index is 12.7. The largest absolute Gasteiger partial charge is 0.473 e. The Bertz CT molecular complexity index is 729. The molecule has 2 aliphatic heterocycles. The SMILES string of the molecule is CCN1C(=O)C(c2ccccc2)Oc2cc3c(cc21)OCO3. The fourth-order valence-electron chi connectivity index (χ4n) is 2.82. The molecule has 0 radical (unpaired) electrons. The van der Waals surface area contributed by atoms with E-state index in [4.69, 9.17) is 14.2 Å². The van der Waals surface area contributed by atoms with Crippen molar-refractivity contribution in [1.29, 1.82) is 0 Å². The Balaban J connectivity index is 1.80. The lowest BCUT2D eigenvalue weighted by atomic mass is 10.1. The molecule has 2 heterocycles. The highest BCUT2D eigenvalue weighted by Gasteiger charge is 2.36. The van der Waals surface area contributed by atoms with Gasteiger partial charge < -0.3 is 19.1 Å². The highest BCUT2D eigenvalue weighted by Crippen LogP contribution is 2.46. The van der Waals surface area contributed by atoms with Gasteiger partial charge >= 0.3 is 0 Å². The molecule has 0 fully saturated rings. The van der Waals surface area contributed by atoms with Crippen LogP contribution < -0.4 is 19.1 Å². The number of amides is 1. The van der Waals surface area contributed by atoms with Gasteiger partial charge in [-0.2, -0.15) is 0 Å². The van der Waals surface area contributed by atoms with Crippen LogP contribution in [0.2, 0.25) is 0 Å². The van der Waals surface area contributed by atoms with Crippen LogP contribution in [-0.2, 0) is 4.79 Å². The molecule has 0 N–H and O–H groups in total. The van der Waals surface area contributed by atoms with Gasteiger partial charge in [0, 0.05) is 24.2 Å². The maximum Gasteiger partial charge on any atom is 0.272 e. The molecule has 1 unspecified atom stereocenters. The zero-order valence-electron chi connectivity index (χ0n) is 12.1. The number of hydrogen-bond acceptors (Lipinski definition) is 4. The molecule has 22 heavy (non-hydrogen) atoms. The smallest absolute Gasteiger partial charge is 0.272 e. The maximum absolute atomic E-state index is 12.7. The highest BCUT2D eigenvalue weighted by molar-refractivity contribution is 6.01. The van der Waals surface area contributed by atoms with E-state index in [0.717, 1.165) is 11.3 Å². The molecule has 1 amide bonds. The summed E-state index contributed by atoms with van der Waals surface area (Å²) in [4.78, 5) is 14.5. The lowest BCUT2D eigenvalue weighted by molar-refractivity contribution is -0.126. The van der Waals surface area contributed by atoms with E-state index >= 15 is 0 Å². The fraction of sp³-hybridized carbons (Fsp3) is 0.235. The Labute approximate surface area is 128 Å². The number of nitrogens with zero attached hydrogens (tertiary/aromatic N) is 1. The van der Waals surface area contributed by atoms with Crippen molar-refractivity contribution < 1.29 is 19.0 Å². The molecule has 0 aliphatic carbocycles. The molecular formula is C17H15NO4. The lowest BCUT2D eigenvalue weighted by Gasteiger charge is -2.34. The number of fused-ring (bicyclic) bond motifs is 2. The molecule has 0 saturated carbocycles. The molecule has 2 aliphatic rings. The second kappa shape index (κ2) is 4.94. The van der Waals surface area contributed by atoms with E-state index in [-0.39, 0.29) is 12.7 Å². The van der Waals surface area contributed by atoms with E-state index in [0.29, 0.717) is 23.8 Å². The van der Waals surface area contributed by atoms with Crippen LogP contribution >= 0.6 is 0 Å². The first kappa shape index (κ1) is 13.0. The van der Waals surface area contributed by atoms with Crippen molar-refractivity contribution in [3.05, 3.63) is 48.0 Å². The van der Waals surface area contributed by atoms with Crippen LogP contribution in [0.15, 0.2) is 42.5 Å². The zero-order valence-corrected chi connectivity index (χ0v) is 12.1. The summed E-state index contributed by atoms with van der Waals surface area (Å²) in [5, 5.41) is 0. The monoisotopic (exact) mass is 297 g/mol. The van der Waals surface area contributed by atoms with Gasteiger partial charge in [-0.05, 0) is 6.92 Å². The first-order chi connectivity index (χ1) is 10.8. The van der Waals surface area contributed by atoms with Crippen molar-refractivity contribution in [2.75, 3.05) is 18.2 Å². The molecule has 5 heteroatoms. The van der Waals surface area contributed by atoms with E-state index in [1.807, 2.05) is 37.3 Å². The Morgan fingerprint density at radius 2 is 1.82 bits per heavy atom. The first-order valence-electron chi connectivity index (χ1n) is 7.24. The quantitative estimate of drug-likeness (QED) is 0.855. The van der Waals surface area contributed by atoms with Crippen molar-refractivity contribution in [2.45, 2.75) is 13.0 Å². The summed E-state index contributed by atoms with van der Waals surface area (Å²) in [5.74, 6) is 1.86. The van der Waals surface area contributed by atoms with Crippen LogP contribution in [0.25, 0.3) is 0 Å². The van der Waals surface area contributed by atoms with Gasteiger partial charge in [-0.15, -0.1) is 0 Å². The number of likely N-dealkylation sites (N-methyl/N-ethyl adjacent to an activating group) is 1. The van der Waals surface area contributed by atoms with Gasteiger partial charge in [0.25, 0.3) is 5.91 Å². The summed E-state index contributed by atoms with van der Waals surface area (Å²) in [6, 6.07) is 13.1. The third kappa shape index (κ3) is 1.89. The van der Waals surface area contributed by atoms with Gasteiger partial charge in [0.2, 0.25) is 12.9 Å². The zero-order chi connectivity index (χ0) is 15.1. The van der Waals surface area contributed by atoms with Crippen LogP contribution in [0, 0.1) is 0 Å². The minimum absolute atomic E-state index is 0.0694. The minimum Gasteiger partial charge on any atom is -0.473 e. The van der Waals surface area contributed by atoms with Crippen molar-refractivity contribution in [1.82, 2.24) is 0 Å². The fourth-order valence-corrected chi connectivity index (χ4v) is 2.82. The molecular weight excluding hydrogens is 282 g/mol. The molecule has 2 aromatic carbocycles. The number of carbonyl (C=O) groups is 1. The van der Waals surface area contributed by atoms with Crippen LogP contribution in [-0.4, -0.2) is 19.2 Å². The van der Waals surface area contributed by atoms with Crippen molar-refractivity contribution in [2.24, 2.45) is 0 Å². The number of hydrogen-bond donors (Lipinski definition) is 0. The van der Waals surface area contributed by atoms with E-state index < -0.39 is 6.10 Å². The van der Waals surface area contributed by atoms with Gasteiger partial charge in [0.1, 0.15) is 5.75 Å². The standard InChI is InChI=1S/C17H15NO4/c1-2-18-12-8-14-15(21-10-20-14)9-13(12)22-16(17(18)19)11-6-4-3-5-7-11/h3-9,16H,2,10H2,1H3. The molecule has 0 saturated heterocycles. The molecule has 0 bridgehead atoms. The average Bonchev–Trinajstić information content (AvgIpc) is 3.00. The third-order valence-corrected chi connectivity index (χ3v) is 3.90. The summed E-state index contributed by atoms with van der Waals surface area (Å²) >= 11 is 0. The normalized spacial score (nSPS) is 18.9. The van der Waals surface area contributed by atoms with Gasteiger partial charge in [-0.3, -0.25) is 4.79 Å². The average molecular weight is 297 g/mol. The van der Waals surface area contributed by atoms with Crippen LogP contribution in [0.1, 0.15) is 18.6 Å². The molecule has 112 valence electrons. The first-order valence-corrected chi connectivity index (χ1v) is 7.24. The number of rotatable bonds is 2. The highest BCUT2D eigenvalue weighted by atomic mass is 16.7. The summed E-state index contributed by atoms with van der Waals surface area (Å²) < 4.78 is 16.7. The Morgan fingerprint density at radius 1 is 1.09 bits per heavy atom. The number of anilines is 1. The third-order valence-electron chi connectivity index (χ3n) is 3.90. The Hall–Kier alpha value is -2.69. The summed E-state index contributed by atoms with van der Waals surface area (Å²) in [7, 11) is 0. The molecule has 0 spiro atoms. The van der Waals surface area contributed by atoms with E-state index in [1.165, 1.54) is 0 Å². The molecule has 5 nitrogen and oxygen atoms in total. The second-order valence-electron chi connectivity index (χ2n) is 5.16. The second-order valence-corrected chi connectivity index (χ2v) is 5.16. The minimum atomic E-state index is -0.631. The van der Waals surface area contributed by atoms with E-state index in [2.05, 4.69) is 0 Å². The summed E-state index contributed by atoms with van der Waals surface area (Å²) in [6.07, 6.45) is -0.631. The number of benzene rings is 2. The van der Waals surface area contributed by atoms with Crippen molar-refractivity contribution >= 4 is 11.6 Å². The van der Waals surface area contributed by atoms with Crippen LogP contribution in [0.5, 0.6) is 17.2 Å². The van der Waals surface area contributed by atoms with E-state index in [1.54, 1.807) is 17.0 Å². The van der Waals surface area contributed by atoms with Crippen molar-refractivity contribution in [3.8, 4) is 17.2 Å². The predicted octanol–water partition coefficient (Wildman–Crippen LogP) is 2.90. The van der Waals surface area contributed by atoms with Crippen LogP contribution in [0.3, 0.4) is 0 Å². The van der Waals surface area contributed by atoms with Crippen molar-refractivity contribution in [3.63, 3.8) is 0 Å². The lowest BCUT2D eigenvalue weighted by Crippen LogP contribution is -2.40. The number of ether oxygens (including phenoxy) is 3. The summed E-state index contributed by atoms with van der Waals surface area (Å²) in [6.45, 7) is 2.71. The Kier molecular flexibility index (Phi) is 2.92. The molecule has 2 aromatic rings. The van der Waals surface area contributed by atoms with Gasteiger partial charge in [0.05, 0.1) is 5.69 Å². The number of carbonyl (C=O) groups excluding carboxylic acids is 1. The van der Waals surface area contributed by atoms with E-state index in [9.17, 15) is 4.79 Å². The van der Waals surface area contributed by atoms with Gasteiger partial charge in [-0.25, -0.2) is 0 Å². The van der Waals surface area contributed by atoms with Gasteiger partial charge in [0.15, 0.2) is 11.5 Å². The predicted molar refractivity (Wildman–Crippen MR) is 80.4 cm³/mol.